The minimum atomic E-state index is -0.611. The van der Waals surface area contributed by atoms with E-state index in [-0.39, 0.29) is 16.1 Å². The zero-order valence-corrected chi connectivity index (χ0v) is 16.2. The van der Waals surface area contributed by atoms with Crippen molar-refractivity contribution >= 4 is 41.3 Å². The van der Waals surface area contributed by atoms with Crippen molar-refractivity contribution in [3.63, 3.8) is 0 Å². The van der Waals surface area contributed by atoms with Gasteiger partial charge in [-0.25, -0.2) is 14.6 Å². The third-order valence-electron chi connectivity index (χ3n) is 3.73. The molecular weight excluding hydrogens is 418 g/mol. The van der Waals surface area contributed by atoms with Crippen LogP contribution in [0.25, 0.3) is 0 Å². The van der Waals surface area contributed by atoms with Crippen LogP contribution in [0.5, 0.6) is 5.75 Å². The summed E-state index contributed by atoms with van der Waals surface area (Å²) in [7, 11) is 0. The number of nitrogens with one attached hydrogen (secondary N) is 1. The highest BCUT2D eigenvalue weighted by atomic mass is 35.5. The monoisotopic (exact) mass is 430 g/mol. The second-order valence-corrected chi connectivity index (χ2v) is 6.63. The number of hydrogen-bond acceptors (Lipinski definition) is 4. The molecule has 3 aromatic carbocycles. The summed E-state index contributed by atoms with van der Waals surface area (Å²) in [4.78, 5) is 24.1. The van der Waals surface area contributed by atoms with E-state index in [1.807, 2.05) is 0 Å². The van der Waals surface area contributed by atoms with Crippen LogP contribution in [-0.2, 0) is 0 Å². The van der Waals surface area contributed by atoms with Crippen LogP contribution >= 0.6 is 23.2 Å². The Hall–Kier alpha value is -3.22. The molecule has 8 heteroatoms. The molecule has 0 saturated carbocycles. The van der Waals surface area contributed by atoms with E-state index in [9.17, 15) is 14.0 Å². The van der Waals surface area contributed by atoms with Gasteiger partial charge >= 0.3 is 5.97 Å². The van der Waals surface area contributed by atoms with Crippen LogP contribution in [0.15, 0.2) is 71.8 Å². The zero-order chi connectivity index (χ0) is 20.8. The average Bonchev–Trinajstić information content (AvgIpc) is 2.69. The highest BCUT2D eigenvalue weighted by Crippen LogP contribution is 2.23. The Morgan fingerprint density at radius 3 is 2.31 bits per heavy atom. The lowest BCUT2D eigenvalue weighted by Crippen LogP contribution is -2.17. The number of halogens is 3. The molecule has 1 N–H and O–H groups in total. The van der Waals surface area contributed by atoms with Crippen molar-refractivity contribution in [1.29, 1.82) is 0 Å². The second kappa shape index (κ2) is 9.32. The lowest BCUT2D eigenvalue weighted by molar-refractivity contribution is 0.0734. The molecule has 0 aliphatic rings. The van der Waals surface area contributed by atoms with Crippen molar-refractivity contribution in [1.82, 2.24) is 5.43 Å². The number of nitrogens with zero attached hydrogens (tertiary/aromatic N) is 1. The third-order valence-corrected chi connectivity index (χ3v) is 4.28. The predicted molar refractivity (Wildman–Crippen MR) is 109 cm³/mol. The van der Waals surface area contributed by atoms with E-state index in [4.69, 9.17) is 27.9 Å². The zero-order valence-electron chi connectivity index (χ0n) is 14.7. The first-order valence-corrected chi connectivity index (χ1v) is 9.04. The average molecular weight is 431 g/mol. The van der Waals surface area contributed by atoms with E-state index in [1.54, 1.807) is 30.3 Å². The summed E-state index contributed by atoms with van der Waals surface area (Å²) in [5, 5.41) is 4.46. The Labute approximate surface area is 175 Å². The predicted octanol–water partition coefficient (Wildman–Crippen LogP) is 5.12. The molecule has 1 amide bonds. The summed E-state index contributed by atoms with van der Waals surface area (Å²) in [5.41, 5.74) is 3.49. The van der Waals surface area contributed by atoms with Gasteiger partial charge < -0.3 is 4.74 Å². The molecule has 0 aliphatic heterocycles. The molecule has 146 valence electrons. The van der Waals surface area contributed by atoms with Crippen molar-refractivity contribution in [2.75, 3.05) is 0 Å². The quantitative estimate of drug-likeness (QED) is 0.264. The smallest absolute Gasteiger partial charge is 0.345 e. The molecule has 0 aliphatic carbocycles. The number of benzene rings is 3. The van der Waals surface area contributed by atoms with Gasteiger partial charge in [-0.15, -0.1) is 0 Å². The normalized spacial score (nSPS) is 10.7. The number of carbonyl (C=O) groups is 2. The van der Waals surface area contributed by atoms with Crippen molar-refractivity contribution < 1.29 is 18.7 Å². The molecule has 0 saturated heterocycles. The first-order valence-electron chi connectivity index (χ1n) is 8.28. The lowest BCUT2D eigenvalue weighted by atomic mass is 10.2. The van der Waals surface area contributed by atoms with E-state index in [2.05, 4.69) is 10.5 Å². The maximum absolute atomic E-state index is 12.9. The van der Waals surface area contributed by atoms with Gasteiger partial charge in [0.1, 0.15) is 11.6 Å². The summed E-state index contributed by atoms with van der Waals surface area (Å²) >= 11 is 11.8. The van der Waals surface area contributed by atoms with Crippen LogP contribution in [0.4, 0.5) is 4.39 Å². The minimum Gasteiger partial charge on any atom is -0.423 e. The van der Waals surface area contributed by atoms with E-state index in [0.29, 0.717) is 16.3 Å². The molecule has 0 aromatic heterocycles. The van der Waals surface area contributed by atoms with Gasteiger partial charge in [0.05, 0.1) is 16.8 Å². The highest BCUT2D eigenvalue weighted by molar-refractivity contribution is 6.36. The molecule has 3 rings (SSSR count). The van der Waals surface area contributed by atoms with Gasteiger partial charge in [0.15, 0.2) is 0 Å². The molecule has 0 radical (unpaired) electrons. The topological polar surface area (TPSA) is 67.8 Å². The van der Waals surface area contributed by atoms with Gasteiger partial charge in [-0.3, -0.25) is 4.79 Å². The largest absolute Gasteiger partial charge is 0.423 e. The number of carbonyl (C=O) groups excluding carboxylic acids is 2. The Kier molecular flexibility index (Phi) is 6.59. The molecule has 0 heterocycles. The standard InChI is InChI=1S/C21H13Cl2FN2O3/c22-15-5-10-18(19(23)11-15)21(28)29-17-8-1-13(2-9-17)12-25-26-20(27)14-3-6-16(24)7-4-14/h1-12H,(H,26,27)/b25-12-. The van der Waals surface area contributed by atoms with Crippen molar-refractivity contribution in [3.8, 4) is 5.75 Å². The highest BCUT2D eigenvalue weighted by Gasteiger charge is 2.13. The number of hydrazone groups is 1. The van der Waals surface area contributed by atoms with Crippen LogP contribution in [0.3, 0.4) is 0 Å². The molecule has 0 unspecified atom stereocenters. The molecule has 29 heavy (non-hydrogen) atoms. The van der Waals surface area contributed by atoms with Gasteiger partial charge in [0, 0.05) is 10.6 Å². The molecule has 0 fully saturated rings. The summed E-state index contributed by atoms with van der Waals surface area (Å²) in [5.74, 6) is -1.19. The van der Waals surface area contributed by atoms with Gasteiger partial charge in [0.2, 0.25) is 0 Å². The third kappa shape index (κ3) is 5.63. The van der Waals surface area contributed by atoms with Gasteiger partial charge in [0.25, 0.3) is 5.91 Å². The van der Waals surface area contributed by atoms with E-state index >= 15 is 0 Å². The fourth-order valence-electron chi connectivity index (χ4n) is 2.27. The van der Waals surface area contributed by atoms with Crippen molar-refractivity contribution in [2.45, 2.75) is 0 Å². The van der Waals surface area contributed by atoms with E-state index < -0.39 is 17.7 Å². The van der Waals surface area contributed by atoms with Crippen LogP contribution in [0, 0.1) is 5.82 Å². The van der Waals surface area contributed by atoms with Gasteiger partial charge in [-0.05, 0) is 72.3 Å². The summed E-state index contributed by atoms with van der Waals surface area (Å²) in [6.07, 6.45) is 1.42. The summed E-state index contributed by atoms with van der Waals surface area (Å²) in [6, 6.07) is 16.0. The molecular formula is C21H13Cl2FN2O3. The number of ether oxygens (including phenoxy) is 1. The maximum atomic E-state index is 12.9. The second-order valence-electron chi connectivity index (χ2n) is 5.79. The first-order chi connectivity index (χ1) is 13.9. The van der Waals surface area contributed by atoms with Crippen LogP contribution in [-0.4, -0.2) is 18.1 Å². The van der Waals surface area contributed by atoms with Gasteiger partial charge in [-0.2, -0.15) is 5.10 Å². The van der Waals surface area contributed by atoms with Crippen molar-refractivity contribution in [3.05, 3.63) is 99.3 Å². The number of amides is 1. The first kappa shape index (κ1) is 20.5. The minimum absolute atomic E-state index is 0.197. The molecule has 0 atom stereocenters. The summed E-state index contributed by atoms with van der Waals surface area (Å²) < 4.78 is 18.1. The number of rotatable bonds is 5. The Bertz CT molecular complexity index is 1070. The lowest BCUT2D eigenvalue weighted by Gasteiger charge is -2.06. The molecule has 5 nitrogen and oxygen atoms in total. The van der Waals surface area contributed by atoms with Crippen LogP contribution in [0.1, 0.15) is 26.3 Å². The summed E-state index contributed by atoms with van der Waals surface area (Å²) in [6.45, 7) is 0. The van der Waals surface area contributed by atoms with Gasteiger partial charge in [-0.1, -0.05) is 23.2 Å². The number of esters is 1. The maximum Gasteiger partial charge on any atom is 0.345 e. The molecule has 3 aromatic rings. The van der Waals surface area contributed by atoms with Crippen LogP contribution < -0.4 is 10.2 Å². The molecule has 0 bridgehead atoms. The SMILES string of the molecule is O=C(N/N=C\c1ccc(OC(=O)c2ccc(Cl)cc2Cl)cc1)c1ccc(F)cc1. The van der Waals surface area contributed by atoms with E-state index in [1.165, 1.54) is 42.6 Å². The fourth-order valence-corrected chi connectivity index (χ4v) is 2.76. The number of hydrogen-bond donors (Lipinski definition) is 1. The fraction of sp³-hybridized carbons (Fsp3) is 0. The molecule has 0 spiro atoms. The Balaban J connectivity index is 1.58. The van der Waals surface area contributed by atoms with Crippen molar-refractivity contribution in [2.24, 2.45) is 5.10 Å². The Morgan fingerprint density at radius 1 is 0.966 bits per heavy atom. The van der Waals surface area contributed by atoms with E-state index in [0.717, 1.165) is 0 Å². The Morgan fingerprint density at radius 2 is 1.66 bits per heavy atom. The van der Waals surface area contributed by atoms with Crippen LogP contribution in [0.2, 0.25) is 10.0 Å².